The molecule has 0 aliphatic heterocycles. The standard InChI is InChI=1S/C11H17N3O2/c1-3-8(2)14-7-10(6-12-14)16-11(15)13-9-4-5-9/h6-9H,3-5H2,1-2H3,(H,13,15). The number of carbonyl (C=O) groups excluding carboxylic acids is 1. The summed E-state index contributed by atoms with van der Waals surface area (Å²) in [5.41, 5.74) is 0. The first-order valence-electron chi connectivity index (χ1n) is 5.71. The summed E-state index contributed by atoms with van der Waals surface area (Å²) in [6.45, 7) is 4.16. The molecule has 1 aromatic rings. The van der Waals surface area contributed by atoms with Gasteiger partial charge in [-0.05, 0) is 26.2 Å². The highest BCUT2D eigenvalue weighted by molar-refractivity contribution is 5.70. The van der Waals surface area contributed by atoms with E-state index in [2.05, 4.69) is 24.3 Å². The summed E-state index contributed by atoms with van der Waals surface area (Å²) in [5, 5.41) is 6.90. The number of ether oxygens (including phenoxy) is 1. The van der Waals surface area contributed by atoms with E-state index < -0.39 is 0 Å². The second kappa shape index (κ2) is 4.55. The second-order valence-corrected chi connectivity index (χ2v) is 4.22. The topological polar surface area (TPSA) is 56.1 Å². The zero-order valence-electron chi connectivity index (χ0n) is 9.64. The highest BCUT2D eigenvalue weighted by Gasteiger charge is 2.24. The molecule has 0 saturated heterocycles. The third-order valence-electron chi connectivity index (χ3n) is 2.73. The SMILES string of the molecule is CCC(C)n1cc(OC(=O)NC2CC2)cn1. The van der Waals surface area contributed by atoms with Gasteiger partial charge in [0.05, 0.1) is 12.4 Å². The lowest BCUT2D eigenvalue weighted by molar-refractivity contribution is 0.200. The van der Waals surface area contributed by atoms with E-state index in [0.717, 1.165) is 19.3 Å². The van der Waals surface area contributed by atoms with Gasteiger partial charge in [-0.2, -0.15) is 5.10 Å². The first-order chi connectivity index (χ1) is 7.69. The minimum absolute atomic E-state index is 0.317. The third-order valence-corrected chi connectivity index (χ3v) is 2.73. The van der Waals surface area contributed by atoms with Crippen LogP contribution in [0.25, 0.3) is 0 Å². The summed E-state index contributed by atoms with van der Waals surface area (Å²) in [6, 6.07) is 0.640. The van der Waals surface area contributed by atoms with Crippen LogP contribution in [0.1, 0.15) is 39.2 Å². The van der Waals surface area contributed by atoms with Crippen LogP contribution in [0.5, 0.6) is 5.75 Å². The van der Waals surface area contributed by atoms with E-state index >= 15 is 0 Å². The van der Waals surface area contributed by atoms with E-state index in [0.29, 0.717) is 17.8 Å². The Hall–Kier alpha value is -1.52. The molecule has 1 fully saturated rings. The number of amides is 1. The molecule has 16 heavy (non-hydrogen) atoms. The van der Waals surface area contributed by atoms with Gasteiger partial charge in [-0.1, -0.05) is 6.92 Å². The van der Waals surface area contributed by atoms with Gasteiger partial charge in [0.15, 0.2) is 5.75 Å². The normalized spacial score (nSPS) is 16.9. The maximum Gasteiger partial charge on any atom is 0.412 e. The number of hydrogen-bond donors (Lipinski definition) is 1. The zero-order chi connectivity index (χ0) is 11.5. The Balaban J connectivity index is 1.88. The molecule has 1 aliphatic carbocycles. The number of nitrogens with zero attached hydrogens (tertiary/aromatic N) is 2. The fourth-order valence-electron chi connectivity index (χ4n) is 1.33. The highest BCUT2D eigenvalue weighted by Crippen LogP contribution is 2.19. The predicted octanol–water partition coefficient (Wildman–Crippen LogP) is 2.10. The molecule has 1 unspecified atom stereocenters. The molecule has 88 valence electrons. The van der Waals surface area contributed by atoms with Crippen LogP contribution < -0.4 is 10.1 Å². The number of nitrogens with one attached hydrogen (secondary N) is 1. The van der Waals surface area contributed by atoms with Crippen molar-refractivity contribution < 1.29 is 9.53 Å². The molecule has 0 bridgehead atoms. The minimum atomic E-state index is -0.383. The van der Waals surface area contributed by atoms with Crippen molar-refractivity contribution in [1.29, 1.82) is 0 Å². The van der Waals surface area contributed by atoms with Gasteiger partial charge < -0.3 is 10.1 Å². The molecule has 1 heterocycles. The molecule has 5 nitrogen and oxygen atoms in total. The van der Waals surface area contributed by atoms with Gasteiger partial charge in [-0.3, -0.25) is 4.68 Å². The van der Waals surface area contributed by atoms with Crippen LogP contribution in [0.15, 0.2) is 12.4 Å². The number of carbonyl (C=O) groups is 1. The predicted molar refractivity (Wildman–Crippen MR) is 59.4 cm³/mol. The molecule has 2 rings (SSSR count). The number of hydrogen-bond acceptors (Lipinski definition) is 3. The van der Waals surface area contributed by atoms with Crippen molar-refractivity contribution in [2.45, 2.75) is 45.2 Å². The number of aromatic nitrogens is 2. The lowest BCUT2D eigenvalue weighted by Crippen LogP contribution is -2.28. The van der Waals surface area contributed by atoms with Crippen LogP contribution in [0.2, 0.25) is 0 Å². The first-order valence-corrected chi connectivity index (χ1v) is 5.71. The summed E-state index contributed by atoms with van der Waals surface area (Å²) < 4.78 is 6.91. The van der Waals surface area contributed by atoms with Crippen LogP contribution in [0, 0.1) is 0 Å². The molecule has 1 saturated carbocycles. The van der Waals surface area contributed by atoms with E-state index in [-0.39, 0.29) is 6.09 Å². The Morgan fingerprint density at radius 2 is 2.50 bits per heavy atom. The summed E-state index contributed by atoms with van der Waals surface area (Å²) >= 11 is 0. The smallest absolute Gasteiger partial charge is 0.407 e. The van der Waals surface area contributed by atoms with Gasteiger partial charge in [-0.15, -0.1) is 0 Å². The maximum atomic E-state index is 11.3. The van der Waals surface area contributed by atoms with E-state index in [9.17, 15) is 4.79 Å². The molecular weight excluding hydrogens is 206 g/mol. The Morgan fingerprint density at radius 3 is 3.12 bits per heavy atom. The molecule has 5 heteroatoms. The molecule has 0 aromatic carbocycles. The monoisotopic (exact) mass is 223 g/mol. The van der Waals surface area contributed by atoms with Crippen LogP contribution in [-0.4, -0.2) is 21.9 Å². The first kappa shape index (κ1) is 11.0. The Labute approximate surface area is 94.8 Å². The summed E-state index contributed by atoms with van der Waals surface area (Å²) in [4.78, 5) is 11.3. The van der Waals surface area contributed by atoms with Crippen molar-refractivity contribution in [3.63, 3.8) is 0 Å². The largest absolute Gasteiger partial charge is 0.412 e. The van der Waals surface area contributed by atoms with Crippen molar-refractivity contribution in [3.8, 4) is 5.75 Å². The Morgan fingerprint density at radius 1 is 1.75 bits per heavy atom. The maximum absolute atomic E-state index is 11.3. The Bertz CT molecular complexity index is 371. The van der Waals surface area contributed by atoms with E-state index in [1.54, 1.807) is 17.1 Å². The molecule has 0 spiro atoms. The lowest BCUT2D eigenvalue weighted by Gasteiger charge is -2.07. The third kappa shape index (κ3) is 2.74. The van der Waals surface area contributed by atoms with Crippen molar-refractivity contribution in [2.75, 3.05) is 0 Å². The minimum Gasteiger partial charge on any atom is -0.407 e. The fraction of sp³-hybridized carbons (Fsp3) is 0.636. The average molecular weight is 223 g/mol. The van der Waals surface area contributed by atoms with Crippen LogP contribution in [-0.2, 0) is 0 Å². The molecule has 1 N–H and O–H groups in total. The van der Waals surface area contributed by atoms with E-state index in [1.807, 2.05) is 0 Å². The molecule has 1 atom stereocenters. The molecule has 0 radical (unpaired) electrons. The summed E-state index contributed by atoms with van der Waals surface area (Å²) in [6.07, 6.45) is 6.04. The highest BCUT2D eigenvalue weighted by atomic mass is 16.6. The zero-order valence-corrected chi connectivity index (χ0v) is 9.64. The molecule has 1 aliphatic rings. The van der Waals surface area contributed by atoms with Gasteiger partial charge in [0, 0.05) is 12.1 Å². The quantitative estimate of drug-likeness (QED) is 0.850. The van der Waals surface area contributed by atoms with Crippen LogP contribution >= 0.6 is 0 Å². The Kier molecular flexibility index (Phi) is 3.12. The van der Waals surface area contributed by atoms with Crippen LogP contribution in [0.4, 0.5) is 4.79 Å². The van der Waals surface area contributed by atoms with Gasteiger partial charge in [0.1, 0.15) is 0 Å². The average Bonchev–Trinajstić information content (AvgIpc) is 2.94. The van der Waals surface area contributed by atoms with E-state index in [1.165, 1.54) is 0 Å². The molecule has 1 amide bonds. The van der Waals surface area contributed by atoms with Crippen LogP contribution in [0.3, 0.4) is 0 Å². The van der Waals surface area contributed by atoms with Gasteiger partial charge in [0.25, 0.3) is 0 Å². The molecule has 1 aromatic heterocycles. The second-order valence-electron chi connectivity index (χ2n) is 4.22. The van der Waals surface area contributed by atoms with Crippen molar-refractivity contribution in [2.24, 2.45) is 0 Å². The van der Waals surface area contributed by atoms with E-state index in [4.69, 9.17) is 4.74 Å². The van der Waals surface area contributed by atoms with Gasteiger partial charge in [-0.25, -0.2) is 4.79 Å². The molecular formula is C11H17N3O2. The van der Waals surface area contributed by atoms with Gasteiger partial charge in [0.2, 0.25) is 0 Å². The van der Waals surface area contributed by atoms with Crippen molar-refractivity contribution >= 4 is 6.09 Å². The fourth-order valence-corrected chi connectivity index (χ4v) is 1.33. The summed E-state index contributed by atoms with van der Waals surface area (Å²) in [5.74, 6) is 0.499. The number of rotatable bonds is 4. The lowest BCUT2D eigenvalue weighted by atomic mass is 10.3. The summed E-state index contributed by atoms with van der Waals surface area (Å²) in [7, 11) is 0. The van der Waals surface area contributed by atoms with Crippen molar-refractivity contribution in [1.82, 2.24) is 15.1 Å². The van der Waals surface area contributed by atoms with Gasteiger partial charge >= 0.3 is 6.09 Å². The van der Waals surface area contributed by atoms with Crippen molar-refractivity contribution in [3.05, 3.63) is 12.4 Å².